The van der Waals surface area contributed by atoms with E-state index in [4.69, 9.17) is 9.97 Å². The molecule has 0 spiro atoms. The number of anilines is 3. The number of nitrogens with one attached hydrogen (secondary N) is 4. The Balaban J connectivity index is 1.28. The molecule has 48 heavy (non-hydrogen) atoms. The van der Waals surface area contributed by atoms with Crippen LogP contribution in [0, 0.1) is 0 Å². The van der Waals surface area contributed by atoms with Gasteiger partial charge in [0.1, 0.15) is 24.6 Å². The summed E-state index contributed by atoms with van der Waals surface area (Å²) < 4.78 is 1.63. The van der Waals surface area contributed by atoms with Crippen LogP contribution in [0.25, 0.3) is 11.2 Å². The number of nitrogens with zero attached hydrogens (tertiary/aromatic N) is 6. The largest absolute Gasteiger partial charge is 0.508 e. The number of fused-ring (bicyclic) bond motifs is 1. The van der Waals surface area contributed by atoms with E-state index in [9.17, 15) is 35.1 Å². The van der Waals surface area contributed by atoms with Crippen LogP contribution in [0.3, 0.4) is 0 Å². The van der Waals surface area contributed by atoms with Crippen LogP contribution in [0.5, 0.6) is 5.75 Å². The van der Waals surface area contributed by atoms with Crippen molar-refractivity contribution in [3.63, 3.8) is 0 Å². The van der Waals surface area contributed by atoms with E-state index in [1.165, 1.54) is 6.33 Å². The number of urea groups is 1. The Hall–Kier alpha value is -5.10. The Kier molecular flexibility index (Phi) is 9.81. The van der Waals surface area contributed by atoms with Crippen molar-refractivity contribution in [2.24, 2.45) is 0 Å². The molecular weight excluding hydrogens is 624 g/mol. The van der Waals surface area contributed by atoms with Gasteiger partial charge >= 0.3 is 6.03 Å². The Morgan fingerprint density at radius 2 is 1.85 bits per heavy atom. The van der Waals surface area contributed by atoms with Gasteiger partial charge in [-0.3, -0.25) is 9.78 Å². The highest BCUT2D eigenvalue weighted by Crippen LogP contribution is 2.35. The summed E-state index contributed by atoms with van der Waals surface area (Å²) in [6, 6.07) is 7.49. The topological polar surface area (TPSA) is 243 Å². The summed E-state index contributed by atoms with van der Waals surface area (Å²) >= 11 is 0. The first-order valence-corrected chi connectivity index (χ1v) is 15.6. The van der Waals surface area contributed by atoms with Gasteiger partial charge in [0.25, 0.3) is 0 Å². The van der Waals surface area contributed by atoms with E-state index in [0.29, 0.717) is 54.5 Å². The smallest absolute Gasteiger partial charge is 0.319 e. The highest BCUT2D eigenvalue weighted by Gasteiger charge is 2.44. The van der Waals surface area contributed by atoms with Gasteiger partial charge < -0.3 is 56.3 Å². The Bertz CT molecular complexity index is 1720. The summed E-state index contributed by atoms with van der Waals surface area (Å²) in [5.74, 6) is 0.109. The zero-order valence-electron chi connectivity index (χ0n) is 25.8. The van der Waals surface area contributed by atoms with Crippen LogP contribution in [-0.4, -0.2) is 119 Å². The summed E-state index contributed by atoms with van der Waals surface area (Å²) in [6.45, 7) is -0.0785. The first-order chi connectivity index (χ1) is 23.2. The zero-order valence-corrected chi connectivity index (χ0v) is 25.8. The highest BCUT2D eigenvalue weighted by atomic mass is 16.3. The number of hydrogen-bond donors (Lipinski definition) is 9. The molecule has 1 saturated heterocycles. The van der Waals surface area contributed by atoms with Gasteiger partial charge in [0.15, 0.2) is 17.0 Å². The Labute approximate surface area is 274 Å². The van der Waals surface area contributed by atoms with Crippen molar-refractivity contribution in [2.45, 2.75) is 55.6 Å². The van der Waals surface area contributed by atoms with Crippen molar-refractivity contribution in [3.05, 3.63) is 60.7 Å². The lowest BCUT2D eigenvalue weighted by molar-refractivity contribution is -0.125. The third-order valence-electron chi connectivity index (χ3n) is 8.61. The molecule has 4 aromatic rings. The number of hydrogen-bond acceptors (Lipinski definition) is 13. The SMILES string of the molecule is O=C(CO)N[C@H]1C[C@@H](n2cnc3c(NC(CO)Cc4ccc(O)cc4)nc(N4CC[C@@H](NC(=O)Nc5cccnc5)C4)nc32)[C@H](O)[C@@H]1O. The van der Waals surface area contributed by atoms with Gasteiger partial charge in [0.2, 0.25) is 11.9 Å². The Morgan fingerprint density at radius 1 is 1.04 bits per heavy atom. The molecule has 17 nitrogen and oxygen atoms in total. The van der Waals surface area contributed by atoms with Gasteiger partial charge in [-0.15, -0.1) is 0 Å². The van der Waals surface area contributed by atoms with Gasteiger partial charge in [-0.2, -0.15) is 9.97 Å². The number of imidazole rings is 1. The van der Waals surface area contributed by atoms with Crippen molar-refractivity contribution < 1.29 is 35.1 Å². The van der Waals surface area contributed by atoms with Crippen LogP contribution in [-0.2, 0) is 11.2 Å². The number of aromatic hydroxyl groups is 1. The molecule has 1 aromatic carbocycles. The molecule has 17 heteroatoms. The molecule has 254 valence electrons. The predicted molar refractivity (Wildman–Crippen MR) is 173 cm³/mol. The fraction of sp³-hybridized carbons (Fsp3) is 0.419. The molecule has 1 aliphatic heterocycles. The van der Waals surface area contributed by atoms with Gasteiger partial charge in [-0.05, 0) is 49.1 Å². The molecule has 1 unspecified atom stereocenters. The molecule has 2 fully saturated rings. The highest BCUT2D eigenvalue weighted by molar-refractivity contribution is 5.89. The number of rotatable bonds is 11. The number of carbonyl (C=O) groups excluding carboxylic acids is 2. The number of aromatic nitrogens is 5. The maximum absolute atomic E-state index is 12.6. The van der Waals surface area contributed by atoms with Crippen LogP contribution in [0.4, 0.5) is 22.2 Å². The minimum atomic E-state index is -1.30. The summed E-state index contributed by atoms with van der Waals surface area (Å²) in [6.07, 6.45) is 3.23. The third kappa shape index (κ3) is 7.23. The number of carbonyl (C=O) groups is 2. The maximum atomic E-state index is 12.6. The first-order valence-electron chi connectivity index (χ1n) is 15.6. The molecule has 4 heterocycles. The molecule has 9 N–H and O–H groups in total. The molecular formula is C31H38N10O7. The average Bonchev–Trinajstić information content (AvgIpc) is 3.80. The molecule has 3 amide bonds. The van der Waals surface area contributed by atoms with Crippen LogP contribution in [0.15, 0.2) is 55.1 Å². The summed E-state index contributed by atoms with van der Waals surface area (Å²) in [5, 5.41) is 62.4. The van der Waals surface area contributed by atoms with E-state index >= 15 is 0 Å². The van der Waals surface area contributed by atoms with E-state index < -0.39 is 42.8 Å². The second-order valence-corrected chi connectivity index (χ2v) is 12.0. The Morgan fingerprint density at radius 3 is 2.58 bits per heavy atom. The minimum Gasteiger partial charge on any atom is -0.508 e. The summed E-state index contributed by atoms with van der Waals surface area (Å²) in [5.41, 5.74) is 2.13. The molecule has 0 radical (unpaired) electrons. The molecule has 1 saturated carbocycles. The van der Waals surface area contributed by atoms with Gasteiger partial charge in [0, 0.05) is 25.3 Å². The van der Waals surface area contributed by atoms with E-state index in [1.807, 2.05) is 4.90 Å². The number of phenols is 1. The van der Waals surface area contributed by atoms with Crippen molar-refractivity contribution in [1.82, 2.24) is 35.1 Å². The van der Waals surface area contributed by atoms with Crippen molar-refractivity contribution >= 4 is 40.6 Å². The monoisotopic (exact) mass is 662 g/mol. The minimum absolute atomic E-state index is 0.130. The standard InChI is InChI=1S/C31H38N10O7/c42-14-20(10-17-3-5-21(44)6-4-17)34-28-25-29(41(16-33-25)23-11-22(26(46)27(23)47)37-24(45)15-43)39-30(38-28)40-9-7-19(13-40)36-31(48)35-18-2-1-8-32-12-18/h1-6,8,12,16,19-20,22-23,26-27,42-44,46-47H,7,9-11,13-15H2,(H,37,45)(H,34,38,39)(H2,35,36,48)/t19-,20?,22+,23-,26-,27+/m1/s1. The van der Waals surface area contributed by atoms with Crippen molar-refractivity contribution in [3.8, 4) is 5.75 Å². The molecule has 0 bridgehead atoms. The van der Waals surface area contributed by atoms with Crippen LogP contribution >= 0.6 is 0 Å². The molecule has 6 atom stereocenters. The van der Waals surface area contributed by atoms with E-state index in [-0.39, 0.29) is 30.9 Å². The van der Waals surface area contributed by atoms with Crippen LogP contribution < -0.4 is 26.2 Å². The van der Waals surface area contributed by atoms with Gasteiger partial charge in [-0.25, -0.2) is 9.78 Å². The maximum Gasteiger partial charge on any atom is 0.319 e. The normalized spacial score (nSPS) is 22.8. The fourth-order valence-corrected chi connectivity index (χ4v) is 6.19. The van der Waals surface area contributed by atoms with Gasteiger partial charge in [-0.1, -0.05) is 12.1 Å². The average molecular weight is 663 g/mol. The predicted octanol–water partition coefficient (Wildman–Crippen LogP) is -0.513. The lowest BCUT2D eigenvalue weighted by Gasteiger charge is -2.22. The number of benzene rings is 1. The summed E-state index contributed by atoms with van der Waals surface area (Å²) in [4.78, 5) is 44.6. The number of pyridine rings is 1. The molecule has 2 aliphatic rings. The molecule has 6 rings (SSSR count). The van der Waals surface area contributed by atoms with E-state index in [0.717, 1.165) is 5.56 Å². The van der Waals surface area contributed by atoms with Crippen molar-refractivity contribution in [1.29, 1.82) is 0 Å². The number of aliphatic hydroxyl groups excluding tert-OH is 4. The quantitative estimate of drug-likeness (QED) is 0.0984. The van der Waals surface area contributed by atoms with Crippen LogP contribution in [0.1, 0.15) is 24.4 Å². The second kappa shape index (κ2) is 14.3. The van der Waals surface area contributed by atoms with Crippen molar-refractivity contribution in [2.75, 3.05) is 41.8 Å². The van der Waals surface area contributed by atoms with E-state index in [1.54, 1.807) is 53.4 Å². The lowest BCUT2D eigenvalue weighted by Crippen LogP contribution is -2.44. The number of aliphatic hydroxyl groups is 4. The lowest BCUT2D eigenvalue weighted by atomic mass is 10.1. The third-order valence-corrected chi connectivity index (χ3v) is 8.61. The number of phenolic OH excluding ortho intramolecular Hbond substituents is 1. The molecule has 1 aliphatic carbocycles. The zero-order chi connectivity index (χ0) is 33.8. The number of amides is 3. The van der Waals surface area contributed by atoms with Crippen LogP contribution in [0.2, 0.25) is 0 Å². The fourth-order valence-electron chi connectivity index (χ4n) is 6.19. The molecule has 3 aromatic heterocycles. The second-order valence-electron chi connectivity index (χ2n) is 12.0. The van der Waals surface area contributed by atoms with E-state index in [2.05, 4.69) is 31.2 Å². The first kappa shape index (κ1) is 32.8. The summed E-state index contributed by atoms with van der Waals surface area (Å²) in [7, 11) is 0. The van der Waals surface area contributed by atoms with Gasteiger partial charge in [0.05, 0.1) is 42.9 Å².